The van der Waals surface area contributed by atoms with Gasteiger partial charge in [-0.25, -0.2) is 0 Å². The van der Waals surface area contributed by atoms with E-state index in [4.69, 9.17) is 0 Å². The van der Waals surface area contributed by atoms with Crippen LogP contribution in [0.5, 0.6) is 0 Å². The van der Waals surface area contributed by atoms with Gasteiger partial charge < -0.3 is 0 Å². The van der Waals surface area contributed by atoms with Gasteiger partial charge in [0.25, 0.3) is 0 Å². The summed E-state index contributed by atoms with van der Waals surface area (Å²) in [5, 5.41) is 0. The van der Waals surface area contributed by atoms with Gasteiger partial charge in [-0.2, -0.15) is 0 Å². The van der Waals surface area contributed by atoms with Gasteiger partial charge in [-0.3, -0.25) is 0 Å². The molecule has 1 aliphatic rings. The molecule has 0 amide bonds. The monoisotopic (exact) mass is 210 g/mol. The van der Waals surface area contributed by atoms with Crippen LogP contribution in [-0.4, -0.2) is 0 Å². The van der Waals surface area contributed by atoms with Crippen molar-refractivity contribution >= 4 is 0 Å². The topological polar surface area (TPSA) is 0 Å². The third-order valence-electron chi connectivity index (χ3n) is 1.48. The summed E-state index contributed by atoms with van der Waals surface area (Å²) < 4.78 is 2.31. The molecule has 0 bridgehead atoms. The van der Waals surface area contributed by atoms with E-state index in [1.807, 2.05) is 6.08 Å². The zero-order valence-corrected chi connectivity index (χ0v) is 8.54. The molecule has 1 aliphatic carbocycles. The summed E-state index contributed by atoms with van der Waals surface area (Å²) in [5.41, 5.74) is 0. The van der Waals surface area contributed by atoms with Crippen molar-refractivity contribution < 1.29 is 23.2 Å². The standard InChI is InChI=1S/C5H5.C4H7.Zr/c1-2-4-5-3-1;1-3-4-2;/h1-5H;3H,1-2,4H2;. The van der Waals surface area contributed by atoms with E-state index in [0.717, 1.165) is 3.63 Å². The van der Waals surface area contributed by atoms with E-state index < -0.39 is 0 Å². The first-order chi connectivity index (χ1) is 4.93. The van der Waals surface area contributed by atoms with Crippen LogP contribution in [-0.2, 0) is 23.2 Å². The zero-order chi connectivity index (χ0) is 7.23. The molecular formula is C9H12Zr. The molecule has 0 saturated heterocycles. The van der Waals surface area contributed by atoms with Crippen LogP contribution in [0.3, 0.4) is 0 Å². The predicted octanol–water partition coefficient (Wildman–Crippen LogP) is 2.98. The Bertz CT molecular complexity index is 144. The average molecular weight is 211 g/mol. The Morgan fingerprint density at radius 3 is 2.70 bits per heavy atom. The molecule has 0 radical (unpaired) electrons. The Morgan fingerprint density at radius 1 is 1.40 bits per heavy atom. The van der Waals surface area contributed by atoms with Crippen molar-refractivity contribution in [3.63, 3.8) is 0 Å². The Hall–Kier alpha value is 0.103. The van der Waals surface area contributed by atoms with E-state index in [2.05, 4.69) is 30.9 Å². The second kappa shape index (κ2) is 4.85. The molecule has 52 valence electrons. The summed E-state index contributed by atoms with van der Waals surface area (Å²) in [6.07, 6.45) is 12.2. The quantitative estimate of drug-likeness (QED) is 0.495. The molecule has 0 aromatic rings. The van der Waals surface area contributed by atoms with E-state index in [9.17, 15) is 0 Å². The molecular weight excluding hydrogens is 199 g/mol. The van der Waals surface area contributed by atoms with Gasteiger partial charge in [0.2, 0.25) is 0 Å². The first-order valence-corrected chi connectivity index (χ1v) is 6.78. The van der Waals surface area contributed by atoms with Crippen LogP contribution in [0, 0.1) is 0 Å². The average Bonchev–Trinajstić information content (AvgIpc) is 2.41. The van der Waals surface area contributed by atoms with Crippen LogP contribution in [0.15, 0.2) is 37.0 Å². The Morgan fingerprint density at radius 2 is 2.10 bits per heavy atom. The fourth-order valence-electron chi connectivity index (χ4n) is 0.920. The van der Waals surface area contributed by atoms with Gasteiger partial charge in [-0.15, -0.1) is 0 Å². The maximum absolute atomic E-state index is 3.72. The second-order valence-electron chi connectivity index (χ2n) is 2.33. The van der Waals surface area contributed by atoms with Gasteiger partial charge in [0, 0.05) is 0 Å². The van der Waals surface area contributed by atoms with Crippen molar-refractivity contribution in [3.8, 4) is 0 Å². The molecule has 0 N–H and O–H groups in total. The summed E-state index contributed by atoms with van der Waals surface area (Å²) in [6.45, 7) is 3.72. The molecule has 1 heteroatoms. The van der Waals surface area contributed by atoms with Gasteiger partial charge in [0.1, 0.15) is 0 Å². The number of hydrogen-bond donors (Lipinski definition) is 0. The van der Waals surface area contributed by atoms with Crippen molar-refractivity contribution in [2.24, 2.45) is 0 Å². The van der Waals surface area contributed by atoms with Crippen LogP contribution >= 0.6 is 0 Å². The van der Waals surface area contributed by atoms with Crippen LogP contribution in [0.25, 0.3) is 0 Å². The Kier molecular flexibility index (Phi) is 3.98. The van der Waals surface area contributed by atoms with Crippen molar-refractivity contribution in [1.29, 1.82) is 0 Å². The number of rotatable bonds is 4. The van der Waals surface area contributed by atoms with Gasteiger partial charge in [0.05, 0.1) is 0 Å². The van der Waals surface area contributed by atoms with E-state index >= 15 is 0 Å². The predicted molar refractivity (Wildman–Crippen MR) is 41.7 cm³/mol. The van der Waals surface area contributed by atoms with Gasteiger partial charge in [-0.1, -0.05) is 0 Å². The van der Waals surface area contributed by atoms with Crippen LogP contribution < -0.4 is 0 Å². The van der Waals surface area contributed by atoms with Crippen molar-refractivity contribution in [1.82, 2.24) is 0 Å². The summed E-state index contributed by atoms with van der Waals surface area (Å²) in [7, 11) is 0. The molecule has 0 unspecified atom stereocenters. The molecule has 0 nitrogen and oxygen atoms in total. The fraction of sp³-hybridized carbons (Fsp3) is 0.333. The van der Waals surface area contributed by atoms with E-state index in [1.54, 1.807) is 0 Å². The van der Waals surface area contributed by atoms with Crippen LogP contribution in [0.1, 0.15) is 6.42 Å². The molecule has 0 atom stereocenters. The van der Waals surface area contributed by atoms with E-state index in [1.165, 1.54) is 10.5 Å². The Balaban J connectivity index is 2.08. The third-order valence-corrected chi connectivity index (χ3v) is 5.00. The summed E-state index contributed by atoms with van der Waals surface area (Å²) in [6, 6.07) is 0. The summed E-state index contributed by atoms with van der Waals surface area (Å²) in [4.78, 5) is 0. The van der Waals surface area contributed by atoms with Gasteiger partial charge in [-0.05, 0) is 0 Å². The van der Waals surface area contributed by atoms with Gasteiger partial charge in [0.15, 0.2) is 0 Å². The van der Waals surface area contributed by atoms with Crippen molar-refractivity contribution in [3.05, 3.63) is 37.0 Å². The molecule has 1 rings (SSSR count). The molecule has 0 aliphatic heterocycles. The molecule has 0 heterocycles. The zero-order valence-electron chi connectivity index (χ0n) is 6.09. The normalized spacial score (nSPS) is 16.0. The van der Waals surface area contributed by atoms with E-state index in [-0.39, 0.29) is 23.2 Å². The summed E-state index contributed by atoms with van der Waals surface area (Å²) >= 11 is -0.125. The maximum atomic E-state index is 3.72. The first kappa shape index (κ1) is 8.20. The molecule has 0 spiro atoms. The van der Waals surface area contributed by atoms with Crippen LogP contribution in [0.4, 0.5) is 0 Å². The number of hydrogen-bond acceptors (Lipinski definition) is 0. The van der Waals surface area contributed by atoms with Crippen molar-refractivity contribution in [2.75, 3.05) is 0 Å². The molecule has 0 aromatic heterocycles. The van der Waals surface area contributed by atoms with Crippen molar-refractivity contribution in [2.45, 2.75) is 14.2 Å². The fourth-order valence-corrected chi connectivity index (χ4v) is 3.87. The third kappa shape index (κ3) is 2.79. The molecule has 0 saturated carbocycles. The minimum atomic E-state index is -0.125. The van der Waals surface area contributed by atoms with Gasteiger partial charge >= 0.3 is 74.4 Å². The van der Waals surface area contributed by atoms with Crippen LogP contribution in [0.2, 0.25) is 7.75 Å². The molecule has 10 heavy (non-hydrogen) atoms. The first-order valence-electron chi connectivity index (χ1n) is 3.63. The number of allylic oxidation sites excluding steroid dienone is 5. The Labute approximate surface area is 74.3 Å². The van der Waals surface area contributed by atoms with E-state index in [0.29, 0.717) is 0 Å². The molecule has 0 aromatic carbocycles. The second-order valence-corrected chi connectivity index (χ2v) is 6.20. The molecule has 0 fully saturated rings. The SMILES string of the molecule is C=CC[CH2][Zr][CH]1C=CC=C1. The summed E-state index contributed by atoms with van der Waals surface area (Å²) in [5.74, 6) is 0. The minimum absolute atomic E-state index is 0.125.